The lowest BCUT2D eigenvalue weighted by Gasteiger charge is -2.33. The average molecular weight is 307 g/mol. The van der Waals surface area contributed by atoms with Crippen molar-refractivity contribution in [3.05, 3.63) is 29.6 Å². The number of aryl methyl sites for hydroxylation is 1. The van der Waals surface area contributed by atoms with Crippen LogP contribution in [0.5, 0.6) is 0 Å². The van der Waals surface area contributed by atoms with Gasteiger partial charge in [-0.25, -0.2) is 9.18 Å². The Balaban J connectivity index is 1.99. The molecule has 0 unspecified atom stereocenters. The number of nitrogens with zero attached hydrogens (tertiary/aromatic N) is 2. The fraction of sp³-hybridized carbons (Fsp3) is 0.500. The van der Waals surface area contributed by atoms with Crippen LogP contribution in [-0.2, 0) is 4.79 Å². The number of hydrogen-bond acceptors (Lipinski definition) is 2. The molecule has 0 spiro atoms. The molecule has 3 amide bonds. The maximum atomic E-state index is 13.5. The summed E-state index contributed by atoms with van der Waals surface area (Å²) in [5, 5.41) is 2.74. The number of piperidine rings is 1. The number of amides is 3. The molecule has 6 heteroatoms. The molecule has 1 heterocycles. The molecule has 0 bridgehead atoms. The minimum Gasteiger partial charge on any atom is -0.331 e. The van der Waals surface area contributed by atoms with Crippen LogP contribution >= 0.6 is 0 Å². The fourth-order valence-corrected chi connectivity index (χ4v) is 2.56. The Kier molecular flexibility index (Phi) is 5.00. The predicted molar refractivity (Wildman–Crippen MR) is 83.1 cm³/mol. The number of hydrogen-bond donors (Lipinski definition) is 1. The molecule has 1 aromatic carbocycles. The first-order valence-corrected chi connectivity index (χ1v) is 7.41. The van der Waals surface area contributed by atoms with Gasteiger partial charge >= 0.3 is 6.03 Å². The van der Waals surface area contributed by atoms with Crippen LogP contribution in [0.3, 0.4) is 0 Å². The van der Waals surface area contributed by atoms with E-state index in [1.54, 1.807) is 38.1 Å². The summed E-state index contributed by atoms with van der Waals surface area (Å²) >= 11 is 0. The van der Waals surface area contributed by atoms with Gasteiger partial charge in [-0.05, 0) is 37.5 Å². The van der Waals surface area contributed by atoms with Crippen LogP contribution in [-0.4, -0.2) is 48.9 Å². The van der Waals surface area contributed by atoms with Gasteiger partial charge in [-0.2, -0.15) is 0 Å². The molecule has 2 rings (SSSR count). The molecule has 1 aliphatic heterocycles. The van der Waals surface area contributed by atoms with Gasteiger partial charge in [0.2, 0.25) is 5.91 Å². The molecule has 0 saturated carbocycles. The molecule has 1 saturated heterocycles. The Morgan fingerprint density at radius 1 is 1.36 bits per heavy atom. The van der Waals surface area contributed by atoms with E-state index in [0.717, 1.165) is 12.8 Å². The smallest absolute Gasteiger partial charge is 0.319 e. The fourth-order valence-electron chi connectivity index (χ4n) is 2.56. The highest BCUT2D eigenvalue weighted by atomic mass is 19.1. The SMILES string of the molecule is Cc1ccc(NC(=O)[C@H]2CCCN(C(=O)N(C)C)C2)cc1F. The van der Waals surface area contributed by atoms with E-state index in [-0.39, 0.29) is 23.7 Å². The normalized spacial score (nSPS) is 18.0. The first-order chi connectivity index (χ1) is 10.4. The Labute approximate surface area is 130 Å². The number of carbonyl (C=O) groups is 2. The molecule has 0 aliphatic carbocycles. The summed E-state index contributed by atoms with van der Waals surface area (Å²) < 4.78 is 13.5. The van der Waals surface area contributed by atoms with Crippen molar-refractivity contribution in [2.24, 2.45) is 5.92 Å². The third-order valence-electron chi connectivity index (χ3n) is 3.88. The first kappa shape index (κ1) is 16.3. The van der Waals surface area contributed by atoms with E-state index in [1.165, 1.54) is 11.0 Å². The second-order valence-corrected chi connectivity index (χ2v) is 5.92. The van der Waals surface area contributed by atoms with E-state index < -0.39 is 0 Å². The number of halogens is 1. The van der Waals surface area contributed by atoms with Crippen molar-refractivity contribution < 1.29 is 14.0 Å². The summed E-state index contributed by atoms with van der Waals surface area (Å²) in [5.41, 5.74) is 0.988. The second-order valence-electron chi connectivity index (χ2n) is 5.92. The second kappa shape index (κ2) is 6.77. The summed E-state index contributed by atoms with van der Waals surface area (Å²) in [5.74, 6) is -0.771. The van der Waals surface area contributed by atoms with E-state index in [2.05, 4.69) is 5.32 Å². The van der Waals surface area contributed by atoms with Crippen molar-refractivity contribution in [3.8, 4) is 0 Å². The summed E-state index contributed by atoms with van der Waals surface area (Å²) in [7, 11) is 3.39. The number of carbonyl (C=O) groups excluding carboxylic acids is 2. The Morgan fingerprint density at radius 3 is 2.73 bits per heavy atom. The molecular weight excluding hydrogens is 285 g/mol. The van der Waals surface area contributed by atoms with Gasteiger partial charge in [0.1, 0.15) is 5.82 Å². The number of rotatable bonds is 2. The lowest BCUT2D eigenvalue weighted by molar-refractivity contribution is -0.121. The molecule has 1 N–H and O–H groups in total. The van der Waals surface area contributed by atoms with Crippen molar-refractivity contribution >= 4 is 17.6 Å². The quantitative estimate of drug-likeness (QED) is 0.912. The minimum atomic E-state index is -0.342. The zero-order valence-corrected chi connectivity index (χ0v) is 13.2. The van der Waals surface area contributed by atoms with Gasteiger partial charge in [-0.15, -0.1) is 0 Å². The molecule has 1 aliphatic rings. The van der Waals surface area contributed by atoms with E-state index in [0.29, 0.717) is 24.3 Å². The summed E-state index contributed by atoms with van der Waals surface area (Å²) in [6, 6.07) is 4.55. The van der Waals surface area contributed by atoms with Crippen LogP contribution in [0, 0.1) is 18.7 Å². The average Bonchev–Trinajstić information content (AvgIpc) is 2.50. The van der Waals surface area contributed by atoms with Gasteiger partial charge in [-0.3, -0.25) is 4.79 Å². The highest BCUT2D eigenvalue weighted by molar-refractivity contribution is 5.93. The van der Waals surface area contributed by atoms with Crippen molar-refractivity contribution in [1.82, 2.24) is 9.80 Å². The third kappa shape index (κ3) is 3.75. The molecular formula is C16H22FN3O2. The molecule has 1 atom stereocenters. The topological polar surface area (TPSA) is 52.7 Å². The predicted octanol–water partition coefficient (Wildman–Crippen LogP) is 2.47. The molecule has 0 radical (unpaired) electrons. The van der Waals surface area contributed by atoms with Crippen molar-refractivity contribution in [2.75, 3.05) is 32.5 Å². The lowest BCUT2D eigenvalue weighted by atomic mass is 9.97. The number of urea groups is 1. The standard InChI is InChI=1S/C16H22FN3O2/c1-11-6-7-13(9-14(11)17)18-15(21)12-5-4-8-20(10-12)16(22)19(2)3/h6-7,9,12H,4-5,8,10H2,1-3H3,(H,18,21)/t12-/m0/s1. The van der Waals surface area contributed by atoms with Gasteiger partial charge in [0.25, 0.3) is 0 Å². The number of anilines is 1. The van der Waals surface area contributed by atoms with Crippen LogP contribution < -0.4 is 5.32 Å². The zero-order chi connectivity index (χ0) is 16.3. The van der Waals surface area contributed by atoms with Crippen LogP contribution in [0.4, 0.5) is 14.9 Å². The molecule has 22 heavy (non-hydrogen) atoms. The Hall–Kier alpha value is -2.11. The summed E-state index contributed by atoms with van der Waals surface area (Å²) in [6.45, 7) is 2.74. The molecule has 0 aromatic heterocycles. The number of nitrogens with one attached hydrogen (secondary N) is 1. The minimum absolute atomic E-state index is 0.0844. The van der Waals surface area contributed by atoms with E-state index in [9.17, 15) is 14.0 Å². The van der Waals surface area contributed by atoms with Gasteiger partial charge in [0.05, 0.1) is 5.92 Å². The summed E-state index contributed by atoms with van der Waals surface area (Å²) in [6.07, 6.45) is 1.53. The van der Waals surface area contributed by atoms with Gasteiger partial charge in [0.15, 0.2) is 0 Å². The number of benzene rings is 1. The summed E-state index contributed by atoms with van der Waals surface area (Å²) in [4.78, 5) is 27.5. The van der Waals surface area contributed by atoms with Gasteiger partial charge in [-0.1, -0.05) is 6.07 Å². The van der Waals surface area contributed by atoms with E-state index >= 15 is 0 Å². The third-order valence-corrected chi connectivity index (χ3v) is 3.88. The maximum absolute atomic E-state index is 13.5. The van der Waals surface area contributed by atoms with Crippen LogP contribution in [0.15, 0.2) is 18.2 Å². The monoisotopic (exact) mass is 307 g/mol. The van der Waals surface area contributed by atoms with E-state index in [1.807, 2.05) is 0 Å². The molecule has 120 valence electrons. The lowest BCUT2D eigenvalue weighted by Crippen LogP contribution is -2.47. The maximum Gasteiger partial charge on any atom is 0.319 e. The molecule has 1 fully saturated rings. The Bertz CT molecular complexity index is 575. The van der Waals surface area contributed by atoms with Crippen LogP contribution in [0.25, 0.3) is 0 Å². The van der Waals surface area contributed by atoms with Crippen LogP contribution in [0.1, 0.15) is 18.4 Å². The highest BCUT2D eigenvalue weighted by Crippen LogP contribution is 2.20. The molecule has 5 nitrogen and oxygen atoms in total. The van der Waals surface area contributed by atoms with Crippen molar-refractivity contribution in [1.29, 1.82) is 0 Å². The van der Waals surface area contributed by atoms with Gasteiger partial charge < -0.3 is 15.1 Å². The highest BCUT2D eigenvalue weighted by Gasteiger charge is 2.29. The Morgan fingerprint density at radius 2 is 2.09 bits per heavy atom. The first-order valence-electron chi connectivity index (χ1n) is 7.41. The van der Waals surface area contributed by atoms with Crippen molar-refractivity contribution in [2.45, 2.75) is 19.8 Å². The molecule has 1 aromatic rings. The largest absolute Gasteiger partial charge is 0.331 e. The van der Waals surface area contributed by atoms with Crippen molar-refractivity contribution in [3.63, 3.8) is 0 Å². The van der Waals surface area contributed by atoms with Gasteiger partial charge in [0, 0.05) is 32.9 Å². The van der Waals surface area contributed by atoms with E-state index in [4.69, 9.17) is 0 Å². The number of likely N-dealkylation sites (tertiary alicyclic amines) is 1. The zero-order valence-electron chi connectivity index (χ0n) is 13.2. The van der Waals surface area contributed by atoms with Crippen LogP contribution in [0.2, 0.25) is 0 Å².